The molecule has 3 nitrogen and oxygen atoms in total. The molecule has 2 aromatic carbocycles. The van der Waals surface area contributed by atoms with Crippen LogP contribution in [-0.2, 0) is 17.8 Å². The Labute approximate surface area is 118 Å². The molecule has 0 saturated heterocycles. The van der Waals surface area contributed by atoms with Gasteiger partial charge in [0.1, 0.15) is 0 Å². The molecular weight excluding hydrogens is 252 g/mol. The fraction of sp³-hybridized carbons (Fsp3) is 0.235. The van der Waals surface area contributed by atoms with E-state index >= 15 is 0 Å². The van der Waals surface area contributed by atoms with Gasteiger partial charge in [-0.2, -0.15) is 0 Å². The highest BCUT2D eigenvalue weighted by Crippen LogP contribution is 2.07. The Balaban J connectivity index is 1.67. The molecule has 0 fully saturated rings. The number of carbonyl (C=O) groups is 1. The summed E-state index contributed by atoms with van der Waals surface area (Å²) >= 11 is 0. The van der Waals surface area contributed by atoms with Crippen LogP contribution in [0.4, 0.5) is 0 Å². The predicted molar refractivity (Wildman–Crippen MR) is 77.8 cm³/mol. The molecule has 104 valence electrons. The number of aryl methyl sites for hydroxylation is 1. The molecule has 0 saturated carbocycles. The van der Waals surface area contributed by atoms with E-state index in [2.05, 4.69) is 12.1 Å². The lowest BCUT2D eigenvalue weighted by Crippen LogP contribution is -1.99. The van der Waals surface area contributed by atoms with Gasteiger partial charge >= 0.3 is 5.97 Å². The molecule has 0 heterocycles. The summed E-state index contributed by atoms with van der Waals surface area (Å²) in [5.41, 5.74) is 2.62. The van der Waals surface area contributed by atoms with Gasteiger partial charge in [-0.25, -0.2) is 4.79 Å². The van der Waals surface area contributed by atoms with Crippen LogP contribution in [0.25, 0.3) is 0 Å². The number of carboxylic acid groups (broad SMARTS) is 1. The van der Waals surface area contributed by atoms with Gasteiger partial charge in [0.05, 0.1) is 12.2 Å². The fourth-order valence-corrected chi connectivity index (χ4v) is 1.96. The fourth-order valence-electron chi connectivity index (χ4n) is 1.96. The van der Waals surface area contributed by atoms with Crippen molar-refractivity contribution in [3.05, 3.63) is 71.3 Å². The first kappa shape index (κ1) is 14.3. The number of hydrogen-bond donors (Lipinski definition) is 1. The molecule has 0 spiro atoms. The maximum absolute atomic E-state index is 10.7. The van der Waals surface area contributed by atoms with E-state index in [4.69, 9.17) is 9.84 Å². The van der Waals surface area contributed by atoms with E-state index in [9.17, 15) is 4.79 Å². The highest BCUT2D eigenvalue weighted by molar-refractivity contribution is 5.87. The molecule has 0 aliphatic heterocycles. The number of ether oxygens (including phenoxy) is 1. The van der Waals surface area contributed by atoms with Crippen molar-refractivity contribution in [1.29, 1.82) is 0 Å². The van der Waals surface area contributed by atoms with Gasteiger partial charge in [-0.3, -0.25) is 0 Å². The SMILES string of the molecule is O=C(O)c1ccc(COCCCc2ccccc2)cc1. The van der Waals surface area contributed by atoms with E-state index < -0.39 is 5.97 Å². The predicted octanol–water partition coefficient (Wildman–Crippen LogP) is 3.53. The molecule has 0 bridgehead atoms. The first-order chi connectivity index (χ1) is 9.75. The Hall–Kier alpha value is -2.13. The lowest BCUT2D eigenvalue weighted by Gasteiger charge is -2.05. The van der Waals surface area contributed by atoms with Gasteiger partial charge in [-0.15, -0.1) is 0 Å². The minimum absolute atomic E-state index is 0.304. The van der Waals surface area contributed by atoms with Crippen molar-refractivity contribution in [1.82, 2.24) is 0 Å². The second-order valence-electron chi connectivity index (χ2n) is 4.64. The highest BCUT2D eigenvalue weighted by atomic mass is 16.5. The van der Waals surface area contributed by atoms with Crippen molar-refractivity contribution >= 4 is 5.97 Å². The number of hydrogen-bond acceptors (Lipinski definition) is 2. The first-order valence-corrected chi connectivity index (χ1v) is 6.69. The van der Waals surface area contributed by atoms with Crippen molar-refractivity contribution in [2.75, 3.05) is 6.61 Å². The lowest BCUT2D eigenvalue weighted by molar-refractivity contribution is 0.0696. The van der Waals surface area contributed by atoms with E-state index in [1.54, 1.807) is 24.3 Å². The molecule has 0 aromatic heterocycles. The molecular formula is C17H18O3. The van der Waals surface area contributed by atoms with Crippen LogP contribution in [0.2, 0.25) is 0 Å². The van der Waals surface area contributed by atoms with Gasteiger partial charge in [0.25, 0.3) is 0 Å². The molecule has 0 aliphatic carbocycles. The second kappa shape index (κ2) is 7.46. The Morgan fingerprint density at radius 2 is 1.65 bits per heavy atom. The summed E-state index contributed by atoms with van der Waals surface area (Å²) in [4.78, 5) is 10.7. The zero-order chi connectivity index (χ0) is 14.2. The minimum atomic E-state index is -0.902. The van der Waals surface area contributed by atoms with Crippen LogP contribution < -0.4 is 0 Å². The van der Waals surface area contributed by atoms with Crippen LogP contribution in [-0.4, -0.2) is 17.7 Å². The zero-order valence-corrected chi connectivity index (χ0v) is 11.3. The van der Waals surface area contributed by atoms with Gasteiger partial charge in [-0.05, 0) is 36.1 Å². The van der Waals surface area contributed by atoms with E-state index in [0.29, 0.717) is 18.8 Å². The van der Waals surface area contributed by atoms with Crippen molar-refractivity contribution in [2.45, 2.75) is 19.4 Å². The van der Waals surface area contributed by atoms with Crippen molar-refractivity contribution in [3.8, 4) is 0 Å². The minimum Gasteiger partial charge on any atom is -0.478 e. The molecule has 2 rings (SSSR count). The molecule has 20 heavy (non-hydrogen) atoms. The van der Waals surface area contributed by atoms with Crippen LogP contribution >= 0.6 is 0 Å². The Morgan fingerprint density at radius 1 is 0.950 bits per heavy atom. The summed E-state index contributed by atoms with van der Waals surface area (Å²) in [6, 6.07) is 17.1. The highest BCUT2D eigenvalue weighted by Gasteiger charge is 2.01. The maximum Gasteiger partial charge on any atom is 0.335 e. The normalized spacial score (nSPS) is 10.4. The number of carboxylic acids is 1. The maximum atomic E-state index is 10.7. The first-order valence-electron chi connectivity index (χ1n) is 6.69. The molecule has 3 heteroatoms. The summed E-state index contributed by atoms with van der Waals surface area (Å²) in [7, 11) is 0. The number of aromatic carboxylic acids is 1. The van der Waals surface area contributed by atoms with Crippen LogP contribution in [0.15, 0.2) is 54.6 Å². The third-order valence-electron chi connectivity index (χ3n) is 3.07. The Morgan fingerprint density at radius 3 is 2.30 bits per heavy atom. The zero-order valence-electron chi connectivity index (χ0n) is 11.3. The summed E-state index contributed by atoms with van der Waals surface area (Å²) in [6.07, 6.45) is 2.00. The van der Waals surface area contributed by atoms with Gasteiger partial charge in [-0.1, -0.05) is 42.5 Å². The number of rotatable bonds is 7. The Kier molecular flexibility index (Phi) is 5.33. The van der Waals surface area contributed by atoms with Gasteiger partial charge in [0, 0.05) is 6.61 Å². The van der Waals surface area contributed by atoms with Crippen LogP contribution in [0.3, 0.4) is 0 Å². The molecule has 0 aliphatic rings. The quantitative estimate of drug-likeness (QED) is 0.783. The topological polar surface area (TPSA) is 46.5 Å². The monoisotopic (exact) mass is 270 g/mol. The van der Waals surface area contributed by atoms with Crippen molar-refractivity contribution in [2.24, 2.45) is 0 Å². The summed E-state index contributed by atoms with van der Waals surface area (Å²) in [5, 5.41) is 8.80. The average molecular weight is 270 g/mol. The summed E-state index contributed by atoms with van der Waals surface area (Å²) in [6.45, 7) is 1.23. The van der Waals surface area contributed by atoms with Crippen LogP contribution in [0.5, 0.6) is 0 Å². The van der Waals surface area contributed by atoms with Crippen molar-refractivity contribution in [3.63, 3.8) is 0 Å². The van der Waals surface area contributed by atoms with Crippen LogP contribution in [0.1, 0.15) is 27.9 Å². The third kappa shape index (κ3) is 4.52. The average Bonchev–Trinajstić information content (AvgIpc) is 2.48. The second-order valence-corrected chi connectivity index (χ2v) is 4.64. The standard InChI is InChI=1S/C17H18O3/c18-17(19)16-10-8-15(9-11-16)13-20-12-4-7-14-5-2-1-3-6-14/h1-3,5-6,8-11H,4,7,12-13H2,(H,18,19). The molecule has 2 aromatic rings. The van der Waals surface area contributed by atoms with E-state index in [0.717, 1.165) is 18.4 Å². The van der Waals surface area contributed by atoms with E-state index in [-0.39, 0.29) is 0 Å². The largest absolute Gasteiger partial charge is 0.478 e. The molecule has 0 radical (unpaired) electrons. The summed E-state index contributed by atoms with van der Waals surface area (Å²) in [5.74, 6) is -0.902. The molecule has 0 atom stereocenters. The molecule has 0 amide bonds. The molecule has 0 unspecified atom stereocenters. The van der Waals surface area contributed by atoms with E-state index in [1.165, 1.54) is 5.56 Å². The van der Waals surface area contributed by atoms with Gasteiger partial charge < -0.3 is 9.84 Å². The third-order valence-corrected chi connectivity index (χ3v) is 3.07. The Bertz CT molecular complexity index is 532. The lowest BCUT2D eigenvalue weighted by atomic mass is 10.1. The number of benzene rings is 2. The summed E-state index contributed by atoms with van der Waals surface area (Å²) < 4.78 is 5.59. The van der Waals surface area contributed by atoms with Gasteiger partial charge in [0.15, 0.2) is 0 Å². The van der Waals surface area contributed by atoms with Crippen LogP contribution in [0, 0.1) is 0 Å². The van der Waals surface area contributed by atoms with E-state index in [1.807, 2.05) is 18.2 Å². The molecule has 1 N–H and O–H groups in total. The van der Waals surface area contributed by atoms with Crippen molar-refractivity contribution < 1.29 is 14.6 Å². The smallest absolute Gasteiger partial charge is 0.335 e. The van der Waals surface area contributed by atoms with Gasteiger partial charge in [0.2, 0.25) is 0 Å².